The van der Waals surface area contributed by atoms with Crippen molar-refractivity contribution >= 4 is 0 Å². The van der Waals surface area contributed by atoms with Crippen molar-refractivity contribution < 1.29 is 5.11 Å². The van der Waals surface area contributed by atoms with Crippen LogP contribution in [0, 0.1) is 12.3 Å². The summed E-state index contributed by atoms with van der Waals surface area (Å²) in [5.41, 5.74) is 0. The van der Waals surface area contributed by atoms with E-state index in [0.29, 0.717) is 6.04 Å². The van der Waals surface area contributed by atoms with Gasteiger partial charge in [0.2, 0.25) is 0 Å². The van der Waals surface area contributed by atoms with Gasteiger partial charge in [0, 0.05) is 25.6 Å². The van der Waals surface area contributed by atoms with Gasteiger partial charge in [0.1, 0.15) is 0 Å². The molecule has 1 aliphatic carbocycles. The molecule has 1 aliphatic rings. The topological polar surface area (TPSA) is 23.5 Å². The second kappa shape index (κ2) is 6.86. The number of rotatable bonds is 5. The third-order valence-electron chi connectivity index (χ3n) is 3.02. The Labute approximate surface area is 87.3 Å². The molecule has 0 atom stereocenters. The first-order chi connectivity index (χ1) is 6.88. The van der Waals surface area contributed by atoms with Crippen molar-refractivity contribution in [2.24, 2.45) is 0 Å². The summed E-state index contributed by atoms with van der Waals surface area (Å²) in [6.45, 7) is 1.98. The van der Waals surface area contributed by atoms with Gasteiger partial charge in [-0.1, -0.05) is 19.3 Å². The van der Waals surface area contributed by atoms with E-state index in [1.54, 1.807) is 0 Å². The zero-order chi connectivity index (χ0) is 10.2. The number of terminal acetylenes is 1. The summed E-state index contributed by atoms with van der Waals surface area (Å²) in [6.07, 6.45) is 12.7. The number of nitrogens with zero attached hydrogens (tertiary/aromatic N) is 1. The maximum Gasteiger partial charge on any atom is 0.0558 e. The first-order valence-electron chi connectivity index (χ1n) is 5.67. The van der Waals surface area contributed by atoms with E-state index in [1.165, 1.54) is 32.1 Å². The Morgan fingerprint density at radius 1 is 1.21 bits per heavy atom. The van der Waals surface area contributed by atoms with E-state index in [-0.39, 0.29) is 6.61 Å². The zero-order valence-corrected chi connectivity index (χ0v) is 8.91. The molecule has 0 amide bonds. The van der Waals surface area contributed by atoms with Crippen LogP contribution in [0.25, 0.3) is 0 Å². The van der Waals surface area contributed by atoms with Crippen molar-refractivity contribution in [2.75, 3.05) is 19.7 Å². The van der Waals surface area contributed by atoms with Gasteiger partial charge in [-0.3, -0.25) is 4.90 Å². The Hall–Kier alpha value is -0.520. The van der Waals surface area contributed by atoms with Crippen LogP contribution in [0.1, 0.15) is 38.5 Å². The summed E-state index contributed by atoms with van der Waals surface area (Å²) >= 11 is 0. The molecule has 0 bridgehead atoms. The predicted octanol–water partition coefficient (Wildman–Crippen LogP) is 1.64. The van der Waals surface area contributed by atoms with Crippen LogP contribution < -0.4 is 0 Å². The van der Waals surface area contributed by atoms with Crippen molar-refractivity contribution in [3.8, 4) is 12.3 Å². The average molecular weight is 195 g/mol. The second-order valence-electron chi connectivity index (χ2n) is 4.01. The minimum absolute atomic E-state index is 0.251. The molecule has 1 saturated carbocycles. The van der Waals surface area contributed by atoms with Crippen molar-refractivity contribution in [2.45, 2.75) is 44.6 Å². The minimum Gasteiger partial charge on any atom is -0.395 e. The Bertz CT molecular complexity index is 179. The van der Waals surface area contributed by atoms with E-state index in [0.717, 1.165) is 19.5 Å². The lowest BCUT2D eigenvalue weighted by molar-refractivity contribution is 0.126. The number of hydrogen-bond donors (Lipinski definition) is 1. The van der Waals surface area contributed by atoms with Crippen LogP contribution in [0.4, 0.5) is 0 Å². The lowest BCUT2D eigenvalue weighted by atomic mass is 9.94. The lowest BCUT2D eigenvalue weighted by Crippen LogP contribution is -2.39. The highest BCUT2D eigenvalue weighted by molar-refractivity contribution is 4.86. The highest BCUT2D eigenvalue weighted by Gasteiger charge is 2.19. The van der Waals surface area contributed by atoms with Crippen molar-refractivity contribution in [3.05, 3.63) is 0 Å². The van der Waals surface area contributed by atoms with Crippen LogP contribution >= 0.6 is 0 Å². The van der Waals surface area contributed by atoms with Gasteiger partial charge in [-0.2, -0.15) is 0 Å². The molecule has 0 unspecified atom stereocenters. The number of aliphatic hydroxyl groups excluding tert-OH is 1. The molecule has 80 valence electrons. The molecule has 0 spiro atoms. The predicted molar refractivity (Wildman–Crippen MR) is 59.0 cm³/mol. The van der Waals surface area contributed by atoms with Gasteiger partial charge in [-0.25, -0.2) is 0 Å². The lowest BCUT2D eigenvalue weighted by Gasteiger charge is -2.33. The summed E-state index contributed by atoms with van der Waals surface area (Å²) in [7, 11) is 0. The first-order valence-corrected chi connectivity index (χ1v) is 5.67. The molecule has 0 aromatic carbocycles. The van der Waals surface area contributed by atoms with Gasteiger partial charge in [-0.15, -0.1) is 12.3 Å². The van der Waals surface area contributed by atoms with Crippen LogP contribution in [0.2, 0.25) is 0 Å². The standard InChI is InChI=1S/C12H21NO/c1-2-3-9-13(10-11-14)12-7-5-4-6-8-12/h1,12,14H,3-11H2. The van der Waals surface area contributed by atoms with E-state index in [4.69, 9.17) is 11.5 Å². The van der Waals surface area contributed by atoms with Crippen LogP contribution in [-0.4, -0.2) is 35.7 Å². The quantitative estimate of drug-likeness (QED) is 0.674. The fourth-order valence-electron chi connectivity index (χ4n) is 2.26. The van der Waals surface area contributed by atoms with E-state index >= 15 is 0 Å². The highest BCUT2D eigenvalue weighted by atomic mass is 16.3. The Morgan fingerprint density at radius 3 is 2.50 bits per heavy atom. The van der Waals surface area contributed by atoms with E-state index in [2.05, 4.69) is 10.8 Å². The first kappa shape index (κ1) is 11.6. The Balaban J connectivity index is 2.35. The van der Waals surface area contributed by atoms with Crippen molar-refractivity contribution in [3.63, 3.8) is 0 Å². The molecule has 1 fully saturated rings. The molecule has 2 nitrogen and oxygen atoms in total. The van der Waals surface area contributed by atoms with Gasteiger partial charge >= 0.3 is 0 Å². The van der Waals surface area contributed by atoms with Crippen LogP contribution in [0.15, 0.2) is 0 Å². The van der Waals surface area contributed by atoms with E-state index in [9.17, 15) is 0 Å². The summed E-state index contributed by atoms with van der Waals surface area (Å²) in [5, 5.41) is 8.97. The molecular weight excluding hydrogens is 174 g/mol. The summed E-state index contributed by atoms with van der Waals surface area (Å²) in [6, 6.07) is 0.671. The number of hydrogen-bond acceptors (Lipinski definition) is 2. The maximum absolute atomic E-state index is 8.97. The van der Waals surface area contributed by atoms with Gasteiger partial charge in [0.25, 0.3) is 0 Å². The average Bonchev–Trinajstić information content (AvgIpc) is 2.25. The highest BCUT2D eigenvalue weighted by Crippen LogP contribution is 2.22. The molecule has 0 aliphatic heterocycles. The molecule has 0 aromatic rings. The fraction of sp³-hybridized carbons (Fsp3) is 0.833. The van der Waals surface area contributed by atoms with Gasteiger partial charge in [0.15, 0.2) is 0 Å². The fourth-order valence-corrected chi connectivity index (χ4v) is 2.26. The molecule has 1 rings (SSSR count). The van der Waals surface area contributed by atoms with E-state index in [1.807, 2.05) is 0 Å². The molecule has 14 heavy (non-hydrogen) atoms. The van der Waals surface area contributed by atoms with Crippen LogP contribution in [-0.2, 0) is 0 Å². The van der Waals surface area contributed by atoms with Crippen LogP contribution in [0.3, 0.4) is 0 Å². The Kier molecular flexibility index (Phi) is 5.66. The maximum atomic E-state index is 8.97. The van der Waals surface area contributed by atoms with Crippen molar-refractivity contribution in [1.29, 1.82) is 0 Å². The molecule has 1 N–H and O–H groups in total. The zero-order valence-electron chi connectivity index (χ0n) is 8.91. The SMILES string of the molecule is C#CCCN(CCO)C1CCCCC1. The van der Waals surface area contributed by atoms with Gasteiger partial charge < -0.3 is 5.11 Å². The largest absolute Gasteiger partial charge is 0.395 e. The molecular formula is C12H21NO. The van der Waals surface area contributed by atoms with Crippen LogP contribution in [0.5, 0.6) is 0 Å². The molecule has 0 radical (unpaired) electrons. The smallest absolute Gasteiger partial charge is 0.0558 e. The second-order valence-corrected chi connectivity index (χ2v) is 4.01. The third kappa shape index (κ3) is 3.69. The molecule has 2 heteroatoms. The van der Waals surface area contributed by atoms with Gasteiger partial charge in [-0.05, 0) is 12.8 Å². The molecule has 0 saturated heterocycles. The summed E-state index contributed by atoms with van der Waals surface area (Å²) < 4.78 is 0. The molecule has 0 aromatic heterocycles. The third-order valence-corrected chi connectivity index (χ3v) is 3.02. The van der Waals surface area contributed by atoms with Crippen molar-refractivity contribution in [1.82, 2.24) is 4.90 Å². The van der Waals surface area contributed by atoms with E-state index < -0.39 is 0 Å². The minimum atomic E-state index is 0.251. The summed E-state index contributed by atoms with van der Waals surface area (Å²) in [4.78, 5) is 2.36. The molecule has 0 heterocycles. The van der Waals surface area contributed by atoms with Gasteiger partial charge in [0.05, 0.1) is 6.61 Å². The number of aliphatic hydroxyl groups is 1. The Morgan fingerprint density at radius 2 is 1.93 bits per heavy atom. The normalized spacial score (nSPS) is 18.4. The summed E-state index contributed by atoms with van der Waals surface area (Å²) in [5.74, 6) is 2.67. The monoisotopic (exact) mass is 195 g/mol.